The van der Waals surface area contributed by atoms with Gasteiger partial charge >= 0.3 is 0 Å². The van der Waals surface area contributed by atoms with Crippen LogP contribution in [-0.4, -0.2) is 78.3 Å². The molecule has 1 saturated carbocycles. The van der Waals surface area contributed by atoms with Crippen LogP contribution in [0.5, 0.6) is 11.5 Å². The minimum Gasteiger partial charge on any atom is -0.508 e. The summed E-state index contributed by atoms with van der Waals surface area (Å²) >= 11 is 0. The van der Waals surface area contributed by atoms with E-state index in [9.17, 15) is 40.2 Å². The van der Waals surface area contributed by atoms with Gasteiger partial charge in [-0.05, 0) is 13.0 Å². The molecule has 1 fully saturated rings. The summed E-state index contributed by atoms with van der Waals surface area (Å²) in [6.07, 6.45) is -5.25. The highest BCUT2D eigenvalue weighted by Gasteiger charge is 2.74. The van der Waals surface area contributed by atoms with Crippen molar-refractivity contribution in [2.45, 2.75) is 42.4 Å². The Balaban J connectivity index is 2.35. The zero-order chi connectivity index (χ0) is 18.9. The van der Waals surface area contributed by atoms with E-state index in [0.717, 1.165) is 26.2 Å². The number of phenols is 1. The van der Waals surface area contributed by atoms with Crippen LogP contribution in [0, 0.1) is 0 Å². The first-order valence-electron chi connectivity index (χ1n) is 7.45. The molecule has 9 nitrogen and oxygen atoms in total. The lowest BCUT2D eigenvalue weighted by atomic mass is 9.55. The van der Waals surface area contributed by atoms with Gasteiger partial charge in [0.15, 0.2) is 17.0 Å². The summed E-state index contributed by atoms with van der Waals surface area (Å²) in [5, 5.41) is 61.9. The maximum Gasteiger partial charge on any atom is 0.205 e. The van der Waals surface area contributed by atoms with Gasteiger partial charge in [0, 0.05) is 18.1 Å². The minimum absolute atomic E-state index is 0.247. The summed E-state index contributed by atoms with van der Waals surface area (Å²) in [7, 11) is 1.16. The van der Waals surface area contributed by atoms with Gasteiger partial charge in [0.2, 0.25) is 5.78 Å². The number of rotatable bonds is 1. The number of hydrogen-bond donors (Lipinski definition) is 6. The van der Waals surface area contributed by atoms with E-state index in [1.807, 2.05) is 0 Å². The van der Waals surface area contributed by atoms with E-state index in [1.165, 1.54) is 0 Å². The molecule has 0 amide bonds. The second-order valence-corrected chi connectivity index (χ2v) is 6.78. The number of aliphatic hydroxyl groups is 5. The van der Waals surface area contributed by atoms with Crippen molar-refractivity contribution in [3.63, 3.8) is 0 Å². The van der Waals surface area contributed by atoms with E-state index < -0.39 is 63.9 Å². The first-order chi connectivity index (χ1) is 11.4. The summed E-state index contributed by atoms with van der Waals surface area (Å²) in [5.41, 5.74) is -9.02. The first-order valence-corrected chi connectivity index (χ1v) is 7.45. The van der Waals surface area contributed by atoms with E-state index in [4.69, 9.17) is 4.74 Å². The molecule has 3 rings (SSSR count). The molecule has 0 heterocycles. The van der Waals surface area contributed by atoms with Gasteiger partial charge in [-0.1, -0.05) is 0 Å². The standard InChI is InChI=1S/C16H18O9/c1-14(22)5-15(23)10(18)7-3-6(17)4-8(25-2)9(7)11(19)16(15,24)13(21)12(14)20/h3-4,12-13,17,20-24H,5H2,1-2H3. The van der Waals surface area contributed by atoms with Gasteiger partial charge in [0.25, 0.3) is 0 Å². The fraction of sp³-hybridized carbons (Fsp3) is 0.500. The van der Waals surface area contributed by atoms with Crippen LogP contribution in [0.4, 0.5) is 0 Å². The summed E-state index contributed by atoms with van der Waals surface area (Å²) in [6, 6.07) is 1.95. The second kappa shape index (κ2) is 4.99. The van der Waals surface area contributed by atoms with Crippen molar-refractivity contribution in [3.05, 3.63) is 23.3 Å². The number of methoxy groups -OCH3 is 1. The number of hydrogen-bond acceptors (Lipinski definition) is 9. The van der Waals surface area contributed by atoms with Crippen LogP contribution in [-0.2, 0) is 0 Å². The Bertz CT molecular complexity index is 786. The number of fused-ring (bicyclic) bond motifs is 2. The number of Topliss-reactive ketones (excluding diaryl/α,β-unsaturated/α-hetero) is 2. The normalized spacial score (nSPS) is 40.4. The Morgan fingerprint density at radius 1 is 1.08 bits per heavy atom. The van der Waals surface area contributed by atoms with Crippen molar-refractivity contribution in [2.75, 3.05) is 7.11 Å². The van der Waals surface area contributed by atoms with Crippen molar-refractivity contribution < 1.29 is 45.0 Å². The van der Waals surface area contributed by atoms with Gasteiger partial charge < -0.3 is 35.4 Å². The lowest BCUT2D eigenvalue weighted by Gasteiger charge is -2.55. The van der Waals surface area contributed by atoms with Crippen LogP contribution in [0.25, 0.3) is 0 Å². The third-order valence-corrected chi connectivity index (χ3v) is 5.11. The van der Waals surface area contributed by atoms with Crippen LogP contribution in [0.15, 0.2) is 12.1 Å². The maximum absolute atomic E-state index is 12.9. The number of phenolic OH excluding ortho intramolecular Hbond substituents is 1. The predicted molar refractivity (Wildman–Crippen MR) is 80.5 cm³/mol. The Morgan fingerprint density at radius 2 is 1.68 bits per heavy atom. The van der Waals surface area contributed by atoms with E-state index >= 15 is 0 Å². The lowest BCUT2D eigenvalue weighted by molar-refractivity contribution is -0.260. The summed E-state index contributed by atoms with van der Waals surface area (Å²) in [6.45, 7) is 1.05. The number of ether oxygens (including phenoxy) is 1. The molecule has 0 spiro atoms. The molecule has 25 heavy (non-hydrogen) atoms. The van der Waals surface area contributed by atoms with Gasteiger partial charge in [0.1, 0.15) is 23.7 Å². The highest BCUT2D eigenvalue weighted by atomic mass is 16.5. The molecule has 9 heteroatoms. The Kier molecular flexibility index (Phi) is 3.55. The first kappa shape index (κ1) is 17.8. The lowest BCUT2D eigenvalue weighted by Crippen LogP contribution is -2.80. The molecule has 2 aliphatic rings. The molecular formula is C16H18O9. The molecule has 1 aromatic rings. The fourth-order valence-electron chi connectivity index (χ4n) is 3.73. The van der Waals surface area contributed by atoms with E-state index in [1.54, 1.807) is 0 Å². The summed E-state index contributed by atoms with van der Waals surface area (Å²) < 4.78 is 4.95. The number of benzene rings is 1. The van der Waals surface area contributed by atoms with Crippen molar-refractivity contribution in [2.24, 2.45) is 0 Å². The number of aromatic hydroxyl groups is 1. The SMILES string of the molecule is COc1cc(O)cc2c1C(=O)C1(O)C(O)C(O)C(C)(O)CC1(O)C2=O. The molecule has 0 saturated heterocycles. The zero-order valence-electron chi connectivity index (χ0n) is 13.4. The van der Waals surface area contributed by atoms with Gasteiger partial charge in [0.05, 0.1) is 18.3 Å². The molecule has 0 bridgehead atoms. The molecule has 6 N–H and O–H groups in total. The predicted octanol–water partition coefficient (Wildman–Crippen LogP) is -1.88. The van der Waals surface area contributed by atoms with Crippen LogP contribution in [0.2, 0.25) is 0 Å². The van der Waals surface area contributed by atoms with Crippen LogP contribution < -0.4 is 4.74 Å². The Labute approximate surface area is 141 Å². The van der Waals surface area contributed by atoms with E-state index in [2.05, 4.69) is 0 Å². The van der Waals surface area contributed by atoms with Crippen LogP contribution in [0.3, 0.4) is 0 Å². The highest BCUT2D eigenvalue weighted by Crippen LogP contribution is 2.50. The zero-order valence-corrected chi connectivity index (χ0v) is 13.4. The minimum atomic E-state index is -3.09. The maximum atomic E-state index is 12.9. The van der Waals surface area contributed by atoms with Crippen molar-refractivity contribution in [1.82, 2.24) is 0 Å². The van der Waals surface area contributed by atoms with Crippen molar-refractivity contribution in [3.8, 4) is 11.5 Å². The molecule has 136 valence electrons. The van der Waals surface area contributed by atoms with Gasteiger partial charge in [-0.2, -0.15) is 0 Å². The molecule has 1 aromatic carbocycles. The molecule has 0 aromatic heterocycles. The highest BCUT2D eigenvalue weighted by molar-refractivity contribution is 6.23. The molecule has 2 aliphatic carbocycles. The molecule has 0 aliphatic heterocycles. The third-order valence-electron chi connectivity index (χ3n) is 5.11. The monoisotopic (exact) mass is 354 g/mol. The van der Waals surface area contributed by atoms with Crippen LogP contribution in [0.1, 0.15) is 34.1 Å². The number of carbonyl (C=O) groups excluding carboxylic acids is 2. The smallest absolute Gasteiger partial charge is 0.205 e. The molecular weight excluding hydrogens is 336 g/mol. The fourth-order valence-corrected chi connectivity index (χ4v) is 3.73. The van der Waals surface area contributed by atoms with Crippen LogP contribution >= 0.6 is 0 Å². The average molecular weight is 354 g/mol. The molecule has 5 atom stereocenters. The number of carbonyl (C=O) groups is 2. The Hall–Kier alpha value is -2.04. The summed E-state index contributed by atoms with van der Waals surface area (Å²) in [4.78, 5) is 25.8. The van der Waals surface area contributed by atoms with E-state index in [0.29, 0.717) is 0 Å². The topological polar surface area (TPSA) is 165 Å². The Morgan fingerprint density at radius 3 is 2.24 bits per heavy atom. The quantitative estimate of drug-likeness (QED) is 0.338. The van der Waals surface area contributed by atoms with Gasteiger partial charge in [-0.25, -0.2) is 0 Å². The van der Waals surface area contributed by atoms with Crippen molar-refractivity contribution in [1.29, 1.82) is 0 Å². The summed E-state index contributed by atoms with van der Waals surface area (Å²) in [5.74, 6) is -3.12. The van der Waals surface area contributed by atoms with E-state index in [-0.39, 0.29) is 5.75 Å². The second-order valence-electron chi connectivity index (χ2n) is 6.78. The average Bonchev–Trinajstić information content (AvgIpc) is 2.54. The van der Waals surface area contributed by atoms with Crippen molar-refractivity contribution >= 4 is 11.6 Å². The van der Waals surface area contributed by atoms with Gasteiger partial charge in [-0.3, -0.25) is 9.59 Å². The van der Waals surface area contributed by atoms with Gasteiger partial charge in [-0.15, -0.1) is 0 Å². The third kappa shape index (κ3) is 1.95. The largest absolute Gasteiger partial charge is 0.508 e. The molecule has 5 unspecified atom stereocenters. The number of aliphatic hydroxyl groups excluding tert-OH is 2. The molecule has 0 radical (unpaired) electrons. The number of ketones is 2.